The molecule has 5 unspecified atom stereocenters. The zero-order valence-corrected chi connectivity index (χ0v) is 14.4. The molecule has 1 aliphatic heterocycles. The maximum atomic E-state index is 12.7. The Labute approximate surface area is 148 Å². The monoisotopic (exact) mass is 342 g/mol. The molecule has 4 aliphatic rings. The van der Waals surface area contributed by atoms with Gasteiger partial charge >= 0.3 is 6.03 Å². The summed E-state index contributed by atoms with van der Waals surface area (Å²) in [4.78, 5) is 12.7. The molecule has 0 radical (unpaired) electrons. The van der Waals surface area contributed by atoms with Crippen LogP contribution in [0, 0.1) is 11.3 Å². The van der Waals surface area contributed by atoms with E-state index in [1.54, 1.807) is 0 Å². The second-order valence-electron chi connectivity index (χ2n) is 8.23. The third kappa shape index (κ3) is 2.25. The number of aliphatic hydroxyl groups excluding tert-OH is 1. The van der Waals surface area contributed by atoms with Crippen LogP contribution in [0.15, 0.2) is 24.3 Å². The van der Waals surface area contributed by atoms with Crippen molar-refractivity contribution < 1.29 is 14.6 Å². The molecule has 5 atom stereocenters. The fourth-order valence-electron chi connectivity index (χ4n) is 5.98. The predicted octanol–water partition coefficient (Wildman–Crippen LogP) is 2.29. The maximum absolute atomic E-state index is 12.7. The van der Waals surface area contributed by atoms with Gasteiger partial charge in [0, 0.05) is 30.4 Å². The predicted molar refractivity (Wildman–Crippen MR) is 93.1 cm³/mol. The zero-order chi connectivity index (χ0) is 17.0. The minimum Gasteiger partial charge on any atom is -0.390 e. The standard InChI is InChI=1S/C20H26N2O3/c23-15-11-12-5-1-2-6-13(12)16(15)21-19(24)22-17-14-7-10-25-18(14)20(17)8-3-4-9-20/h1-2,5-6,14-18,23H,3-4,7-11H2,(H2,21,22,24). The Bertz CT molecular complexity index is 685. The lowest BCUT2D eigenvalue weighted by molar-refractivity contribution is -0.126. The number of urea groups is 1. The molecule has 1 saturated heterocycles. The van der Waals surface area contributed by atoms with Gasteiger partial charge in [0.25, 0.3) is 0 Å². The number of amides is 2. The van der Waals surface area contributed by atoms with Crippen LogP contribution < -0.4 is 10.6 Å². The summed E-state index contributed by atoms with van der Waals surface area (Å²) in [6, 6.07) is 7.72. The van der Waals surface area contributed by atoms with Crippen LogP contribution in [0.3, 0.4) is 0 Å². The molecular weight excluding hydrogens is 316 g/mol. The van der Waals surface area contributed by atoms with E-state index in [-0.39, 0.29) is 23.5 Å². The van der Waals surface area contributed by atoms with Gasteiger partial charge in [0.2, 0.25) is 0 Å². The number of hydrogen-bond acceptors (Lipinski definition) is 3. The summed E-state index contributed by atoms with van der Waals surface area (Å²) in [5, 5.41) is 16.6. The highest BCUT2D eigenvalue weighted by Crippen LogP contribution is 2.60. The molecule has 3 N–H and O–H groups in total. The van der Waals surface area contributed by atoms with E-state index in [1.165, 1.54) is 12.8 Å². The molecule has 5 heteroatoms. The van der Waals surface area contributed by atoms with Crippen molar-refractivity contribution in [2.75, 3.05) is 6.61 Å². The molecule has 134 valence electrons. The number of hydrogen-bond donors (Lipinski definition) is 3. The average Bonchev–Trinajstić information content (AvgIpc) is 3.31. The van der Waals surface area contributed by atoms with Gasteiger partial charge in [-0.3, -0.25) is 0 Å². The van der Waals surface area contributed by atoms with Crippen molar-refractivity contribution in [2.45, 2.75) is 62.8 Å². The summed E-state index contributed by atoms with van der Waals surface area (Å²) in [7, 11) is 0. The van der Waals surface area contributed by atoms with Crippen LogP contribution in [0.4, 0.5) is 4.79 Å². The molecule has 3 aliphatic carbocycles. The van der Waals surface area contributed by atoms with Crippen LogP contribution in [0.1, 0.15) is 49.3 Å². The summed E-state index contributed by atoms with van der Waals surface area (Å²) >= 11 is 0. The van der Waals surface area contributed by atoms with Crippen LogP contribution >= 0.6 is 0 Å². The van der Waals surface area contributed by atoms with Gasteiger partial charge < -0.3 is 20.5 Å². The number of carbonyl (C=O) groups is 1. The van der Waals surface area contributed by atoms with Gasteiger partial charge in [-0.2, -0.15) is 0 Å². The zero-order valence-electron chi connectivity index (χ0n) is 14.4. The molecular formula is C20H26N2O3. The Balaban J connectivity index is 1.29. The van der Waals surface area contributed by atoms with Crippen molar-refractivity contribution in [1.82, 2.24) is 10.6 Å². The van der Waals surface area contributed by atoms with E-state index in [1.807, 2.05) is 24.3 Å². The topological polar surface area (TPSA) is 70.6 Å². The molecule has 0 aromatic heterocycles. The fourth-order valence-corrected chi connectivity index (χ4v) is 5.98. The Kier molecular flexibility index (Phi) is 3.57. The Hall–Kier alpha value is -1.59. The lowest BCUT2D eigenvalue weighted by Gasteiger charge is -2.56. The SMILES string of the molecule is O=C(NC1c2ccccc2CC1O)NC1C2CCOC2C12CCCC2. The van der Waals surface area contributed by atoms with Crippen molar-refractivity contribution in [3.05, 3.63) is 35.4 Å². The molecule has 3 fully saturated rings. The van der Waals surface area contributed by atoms with Crippen molar-refractivity contribution in [1.29, 1.82) is 0 Å². The summed E-state index contributed by atoms with van der Waals surface area (Å²) in [6.45, 7) is 0.825. The lowest BCUT2D eigenvalue weighted by atomic mass is 9.54. The molecule has 2 saturated carbocycles. The molecule has 2 amide bonds. The van der Waals surface area contributed by atoms with Crippen LogP contribution in [0.2, 0.25) is 0 Å². The molecule has 5 rings (SSSR count). The molecule has 1 aromatic carbocycles. The number of benzene rings is 1. The molecule has 25 heavy (non-hydrogen) atoms. The van der Waals surface area contributed by atoms with Crippen LogP contribution in [-0.2, 0) is 11.2 Å². The molecule has 0 bridgehead atoms. The number of carbonyl (C=O) groups excluding carboxylic acids is 1. The third-order valence-electron chi connectivity index (χ3n) is 7.06. The Morgan fingerprint density at radius 2 is 2.00 bits per heavy atom. The van der Waals surface area contributed by atoms with Gasteiger partial charge in [-0.15, -0.1) is 0 Å². The van der Waals surface area contributed by atoms with Gasteiger partial charge in [-0.05, 0) is 30.4 Å². The fraction of sp³-hybridized carbons (Fsp3) is 0.650. The second-order valence-corrected chi connectivity index (χ2v) is 8.23. The number of fused-ring (bicyclic) bond motifs is 3. The highest BCUT2D eigenvalue weighted by atomic mass is 16.5. The van der Waals surface area contributed by atoms with Gasteiger partial charge in [-0.25, -0.2) is 4.79 Å². The van der Waals surface area contributed by atoms with Crippen molar-refractivity contribution in [3.63, 3.8) is 0 Å². The normalized spacial score (nSPS) is 37.4. The highest BCUT2D eigenvalue weighted by Gasteiger charge is 2.65. The first kappa shape index (κ1) is 15.6. The first-order valence-electron chi connectivity index (χ1n) is 9.63. The largest absolute Gasteiger partial charge is 0.390 e. The summed E-state index contributed by atoms with van der Waals surface area (Å²) in [6.07, 6.45) is 6.24. The number of aliphatic hydroxyl groups is 1. The smallest absolute Gasteiger partial charge is 0.315 e. The van der Waals surface area contributed by atoms with Crippen LogP contribution in [-0.4, -0.2) is 36.0 Å². The minimum atomic E-state index is -0.549. The first-order chi connectivity index (χ1) is 12.2. The first-order valence-corrected chi connectivity index (χ1v) is 9.63. The molecule has 1 spiro atoms. The van der Waals surface area contributed by atoms with Gasteiger partial charge in [0.1, 0.15) is 0 Å². The minimum absolute atomic E-state index is 0.151. The van der Waals surface area contributed by atoms with Crippen LogP contribution in [0.5, 0.6) is 0 Å². The summed E-state index contributed by atoms with van der Waals surface area (Å²) in [5.74, 6) is 0.463. The Morgan fingerprint density at radius 3 is 2.84 bits per heavy atom. The summed E-state index contributed by atoms with van der Waals surface area (Å²) in [5.41, 5.74) is 2.32. The number of ether oxygens (including phenoxy) is 1. The molecule has 5 nitrogen and oxygen atoms in total. The van der Waals surface area contributed by atoms with Crippen molar-refractivity contribution in [2.24, 2.45) is 11.3 Å². The summed E-state index contributed by atoms with van der Waals surface area (Å²) < 4.78 is 5.99. The van der Waals surface area contributed by atoms with E-state index in [0.717, 1.165) is 37.0 Å². The lowest BCUT2D eigenvalue weighted by Crippen LogP contribution is -2.69. The van der Waals surface area contributed by atoms with Crippen molar-refractivity contribution >= 4 is 6.03 Å². The third-order valence-corrected chi connectivity index (χ3v) is 7.06. The van der Waals surface area contributed by atoms with Crippen LogP contribution in [0.25, 0.3) is 0 Å². The van der Waals surface area contributed by atoms with Gasteiger partial charge in [-0.1, -0.05) is 37.1 Å². The van der Waals surface area contributed by atoms with E-state index in [4.69, 9.17) is 4.74 Å². The van der Waals surface area contributed by atoms with Gasteiger partial charge in [0.05, 0.1) is 18.2 Å². The Morgan fingerprint density at radius 1 is 1.20 bits per heavy atom. The molecule has 1 heterocycles. The highest BCUT2D eigenvalue weighted by molar-refractivity contribution is 5.75. The van der Waals surface area contributed by atoms with E-state index in [0.29, 0.717) is 18.4 Å². The van der Waals surface area contributed by atoms with Crippen molar-refractivity contribution in [3.8, 4) is 0 Å². The maximum Gasteiger partial charge on any atom is 0.315 e. The number of nitrogens with one attached hydrogen (secondary N) is 2. The van der Waals surface area contributed by atoms with E-state index >= 15 is 0 Å². The molecule has 1 aromatic rings. The van der Waals surface area contributed by atoms with E-state index in [9.17, 15) is 9.90 Å². The second kappa shape index (κ2) is 5.71. The quantitative estimate of drug-likeness (QED) is 0.772. The number of rotatable bonds is 2. The van der Waals surface area contributed by atoms with Gasteiger partial charge in [0.15, 0.2) is 0 Å². The average molecular weight is 342 g/mol. The van der Waals surface area contributed by atoms with E-state index in [2.05, 4.69) is 10.6 Å². The van der Waals surface area contributed by atoms with E-state index < -0.39 is 6.10 Å².